The molecule has 4 nitrogen and oxygen atoms in total. The molecule has 106 valence electrons. The largest absolute Gasteiger partial charge is 0.507 e. The summed E-state index contributed by atoms with van der Waals surface area (Å²) in [4.78, 5) is 13.9. The fourth-order valence-electron chi connectivity index (χ4n) is 2.05. The Kier molecular flexibility index (Phi) is 3.84. The molecule has 0 unspecified atom stereocenters. The molecule has 4 heteroatoms. The van der Waals surface area contributed by atoms with E-state index in [1.807, 2.05) is 32.0 Å². The second-order valence-corrected chi connectivity index (χ2v) is 5.08. The number of furan rings is 1. The van der Waals surface area contributed by atoms with Crippen LogP contribution in [0.5, 0.6) is 5.75 Å². The summed E-state index contributed by atoms with van der Waals surface area (Å²) in [7, 11) is 1.69. The van der Waals surface area contributed by atoms with E-state index in [1.165, 1.54) is 4.90 Å². The number of benzene rings is 1. The standard InChI is InChI=1S/C16H19NO3/c1-10-5-8-14(15(18)12(10)3)16(19)17(4)9-13-7-6-11(2)20-13/h5-8,18H,9H2,1-4H3. The monoisotopic (exact) mass is 273 g/mol. The van der Waals surface area contributed by atoms with Crippen LogP contribution in [-0.4, -0.2) is 23.0 Å². The van der Waals surface area contributed by atoms with Gasteiger partial charge in [0.15, 0.2) is 0 Å². The number of rotatable bonds is 3. The highest BCUT2D eigenvalue weighted by atomic mass is 16.3. The summed E-state index contributed by atoms with van der Waals surface area (Å²) in [5, 5.41) is 10.1. The Balaban J connectivity index is 2.21. The van der Waals surface area contributed by atoms with Crippen LogP contribution in [0.4, 0.5) is 0 Å². The Hall–Kier alpha value is -2.23. The van der Waals surface area contributed by atoms with Gasteiger partial charge in [0, 0.05) is 7.05 Å². The van der Waals surface area contributed by atoms with Crippen LogP contribution in [0.1, 0.15) is 33.0 Å². The Morgan fingerprint density at radius 3 is 2.50 bits per heavy atom. The quantitative estimate of drug-likeness (QED) is 0.934. The number of hydrogen-bond donors (Lipinski definition) is 1. The molecule has 0 radical (unpaired) electrons. The van der Waals surface area contributed by atoms with Crippen molar-refractivity contribution in [3.05, 3.63) is 52.5 Å². The Labute approximate surface area is 118 Å². The van der Waals surface area contributed by atoms with Crippen LogP contribution in [0, 0.1) is 20.8 Å². The number of amides is 1. The fraction of sp³-hybridized carbons (Fsp3) is 0.312. The molecule has 0 saturated carbocycles. The van der Waals surface area contributed by atoms with E-state index in [0.29, 0.717) is 12.1 Å². The van der Waals surface area contributed by atoms with Gasteiger partial charge in [-0.3, -0.25) is 4.79 Å². The maximum atomic E-state index is 12.4. The summed E-state index contributed by atoms with van der Waals surface area (Å²) in [6.45, 7) is 5.94. The molecule has 1 heterocycles. The molecule has 0 aliphatic carbocycles. The first-order valence-corrected chi connectivity index (χ1v) is 6.50. The van der Waals surface area contributed by atoms with E-state index in [-0.39, 0.29) is 11.7 Å². The zero-order chi connectivity index (χ0) is 14.9. The van der Waals surface area contributed by atoms with Gasteiger partial charge in [0.2, 0.25) is 0 Å². The average molecular weight is 273 g/mol. The Morgan fingerprint density at radius 2 is 1.90 bits per heavy atom. The molecule has 2 aromatic rings. The third kappa shape index (κ3) is 2.69. The highest BCUT2D eigenvalue weighted by Gasteiger charge is 2.18. The molecule has 1 N–H and O–H groups in total. The first-order valence-electron chi connectivity index (χ1n) is 6.50. The maximum absolute atomic E-state index is 12.4. The van der Waals surface area contributed by atoms with Gasteiger partial charge >= 0.3 is 0 Å². The Morgan fingerprint density at radius 1 is 1.20 bits per heavy atom. The van der Waals surface area contributed by atoms with E-state index in [4.69, 9.17) is 4.42 Å². The van der Waals surface area contributed by atoms with Crippen LogP contribution in [-0.2, 0) is 6.54 Å². The van der Waals surface area contributed by atoms with Gasteiger partial charge in [0.25, 0.3) is 5.91 Å². The van der Waals surface area contributed by atoms with Crippen LogP contribution < -0.4 is 0 Å². The minimum absolute atomic E-state index is 0.0532. The lowest BCUT2D eigenvalue weighted by Gasteiger charge is -2.17. The van der Waals surface area contributed by atoms with Crippen molar-refractivity contribution in [2.75, 3.05) is 7.05 Å². The highest BCUT2D eigenvalue weighted by Crippen LogP contribution is 2.26. The number of nitrogens with zero attached hydrogens (tertiary/aromatic N) is 1. The molecule has 0 aliphatic rings. The van der Waals surface area contributed by atoms with Gasteiger partial charge in [-0.2, -0.15) is 0 Å². The zero-order valence-corrected chi connectivity index (χ0v) is 12.2. The van der Waals surface area contributed by atoms with Gasteiger partial charge in [-0.25, -0.2) is 0 Å². The van der Waals surface area contributed by atoms with E-state index in [2.05, 4.69) is 0 Å². The molecule has 0 bridgehead atoms. The second kappa shape index (κ2) is 5.41. The summed E-state index contributed by atoms with van der Waals surface area (Å²) in [6, 6.07) is 7.21. The molecular formula is C16H19NO3. The molecule has 1 aromatic heterocycles. The number of hydrogen-bond acceptors (Lipinski definition) is 3. The zero-order valence-electron chi connectivity index (χ0n) is 12.2. The molecule has 1 aromatic carbocycles. The summed E-state index contributed by atoms with van der Waals surface area (Å²) in [5.41, 5.74) is 2.01. The third-order valence-electron chi connectivity index (χ3n) is 3.47. The summed E-state index contributed by atoms with van der Waals surface area (Å²) in [6.07, 6.45) is 0. The molecule has 0 aliphatic heterocycles. The van der Waals surface area contributed by atoms with E-state index < -0.39 is 0 Å². The van der Waals surface area contributed by atoms with Crippen molar-refractivity contribution in [2.24, 2.45) is 0 Å². The predicted molar refractivity (Wildman–Crippen MR) is 76.8 cm³/mol. The molecule has 1 amide bonds. The van der Waals surface area contributed by atoms with Gasteiger partial charge in [0.1, 0.15) is 17.3 Å². The molecule has 0 spiro atoms. The predicted octanol–water partition coefficient (Wildman–Crippen LogP) is 3.18. The molecule has 0 atom stereocenters. The lowest BCUT2D eigenvalue weighted by molar-refractivity contribution is 0.0772. The fourth-order valence-corrected chi connectivity index (χ4v) is 2.05. The lowest BCUT2D eigenvalue weighted by Crippen LogP contribution is -2.26. The summed E-state index contributed by atoms with van der Waals surface area (Å²) >= 11 is 0. The number of carbonyl (C=O) groups excluding carboxylic acids is 1. The summed E-state index contributed by atoms with van der Waals surface area (Å²) < 4.78 is 5.46. The first kappa shape index (κ1) is 14.2. The number of aryl methyl sites for hydroxylation is 2. The van der Waals surface area contributed by atoms with E-state index in [1.54, 1.807) is 20.0 Å². The normalized spacial score (nSPS) is 10.6. The van der Waals surface area contributed by atoms with E-state index in [0.717, 1.165) is 22.6 Å². The van der Waals surface area contributed by atoms with E-state index >= 15 is 0 Å². The van der Waals surface area contributed by atoms with Crippen molar-refractivity contribution in [2.45, 2.75) is 27.3 Å². The minimum atomic E-state index is -0.223. The number of phenolic OH excluding ortho intramolecular Hbond substituents is 1. The van der Waals surface area contributed by atoms with Crippen molar-refractivity contribution >= 4 is 5.91 Å². The molecule has 2 rings (SSSR count). The van der Waals surface area contributed by atoms with Crippen LogP contribution >= 0.6 is 0 Å². The van der Waals surface area contributed by atoms with Crippen LogP contribution in [0.25, 0.3) is 0 Å². The van der Waals surface area contributed by atoms with Crippen molar-refractivity contribution in [1.29, 1.82) is 0 Å². The maximum Gasteiger partial charge on any atom is 0.257 e. The molecule has 20 heavy (non-hydrogen) atoms. The van der Waals surface area contributed by atoms with Crippen molar-refractivity contribution in [3.63, 3.8) is 0 Å². The van der Waals surface area contributed by atoms with Crippen molar-refractivity contribution < 1.29 is 14.3 Å². The van der Waals surface area contributed by atoms with Gasteiger partial charge in [-0.1, -0.05) is 6.07 Å². The van der Waals surface area contributed by atoms with Crippen LogP contribution in [0.2, 0.25) is 0 Å². The molecular weight excluding hydrogens is 254 g/mol. The summed E-state index contributed by atoms with van der Waals surface area (Å²) in [5.74, 6) is 1.37. The van der Waals surface area contributed by atoms with Gasteiger partial charge in [0.05, 0.1) is 12.1 Å². The van der Waals surface area contributed by atoms with Gasteiger partial charge in [-0.15, -0.1) is 0 Å². The number of carbonyl (C=O) groups is 1. The SMILES string of the molecule is Cc1ccc(CN(C)C(=O)c2ccc(C)c(C)c2O)o1. The average Bonchev–Trinajstić information content (AvgIpc) is 2.81. The second-order valence-electron chi connectivity index (χ2n) is 5.08. The number of phenols is 1. The van der Waals surface area contributed by atoms with Crippen LogP contribution in [0.3, 0.4) is 0 Å². The minimum Gasteiger partial charge on any atom is -0.507 e. The van der Waals surface area contributed by atoms with Crippen LogP contribution in [0.15, 0.2) is 28.7 Å². The van der Waals surface area contributed by atoms with E-state index in [9.17, 15) is 9.90 Å². The third-order valence-corrected chi connectivity index (χ3v) is 3.47. The van der Waals surface area contributed by atoms with Gasteiger partial charge < -0.3 is 14.4 Å². The van der Waals surface area contributed by atoms with Crippen molar-refractivity contribution in [1.82, 2.24) is 4.90 Å². The molecule has 0 saturated heterocycles. The van der Waals surface area contributed by atoms with Crippen molar-refractivity contribution in [3.8, 4) is 5.75 Å². The Bertz CT molecular complexity index is 643. The lowest BCUT2D eigenvalue weighted by atomic mass is 10.0. The highest BCUT2D eigenvalue weighted by molar-refractivity contribution is 5.97. The topological polar surface area (TPSA) is 53.7 Å². The molecule has 0 fully saturated rings. The number of aromatic hydroxyl groups is 1. The van der Waals surface area contributed by atoms with Gasteiger partial charge in [-0.05, 0) is 50.1 Å². The smallest absolute Gasteiger partial charge is 0.257 e. The first-order chi connectivity index (χ1) is 9.40.